The molecule has 0 aromatic heterocycles. The molecule has 1 amide bonds. The van der Waals surface area contributed by atoms with Crippen LogP contribution in [0.5, 0.6) is 5.75 Å². The molecule has 0 bridgehead atoms. The second-order valence-electron chi connectivity index (χ2n) is 5.60. The van der Waals surface area contributed by atoms with Crippen LogP contribution in [-0.2, 0) is 17.6 Å². The summed E-state index contributed by atoms with van der Waals surface area (Å²) in [6, 6.07) is 13.8. The molecule has 2 N–H and O–H groups in total. The fraction of sp³-hybridized carbons (Fsp3) is 0.278. The number of hydrogen-bond donors (Lipinski definition) is 1. The van der Waals surface area contributed by atoms with Gasteiger partial charge in [-0.05, 0) is 60.2 Å². The van der Waals surface area contributed by atoms with E-state index in [1.165, 1.54) is 11.1 Å². The van der Waals surface area contributed by atoms with Gasteiger partial charge in [-0.25, -0.2) is 0 Å². The van der Waals surface area contributed by atoms with E-state index in [-0.39, 0.29) is 12.0 Å². The Morgan fingerprint density at radius 1 is 1.23 bits per heavy atom. The molecule has 0 saturated heterocycles. The van der Waals surface area contributed by atoms with Gasteiger partial charge in [-0.15, -0.1) is 0 Å². The summed E-state index contributed by atoms with van der Waals surface area (Å²) in [5.41, 5.74) is 8.75. The van der Waals surface area contributed by atoms with Crippen molar-refractivity contribution in [3.05, 3.63) is 64.2 Å². The minimum atomic E-state index is -0.276. The van der Waals surface area contributed by atoms with Crippen LogP contribution in [0.3, 0.4) is 0 Å². The topological polar surface area (TPSA) is 52.3 Å². The standard InChI is InChI=1S/C18H18ClNO2/c19-14-5-8-16-13(11-14)4-9-17(16)22-15-6-1-12(2-7-15)3-10-18(20)21/h1-2,5-8,11,17H,3-4,9-10H2,(H2,20,21). The first kappa shape index (κ1) is 14.9. The molecule has 0 spiro atoms. The molecule has 3 rings (SSSR count). The Labute approximate surface area is 135 Å². The Kier molecular flexibility index (Phi) is 4.34. The first-order chi connectivity index (χ1) is 10.6. The minimum Gasteiger partial charge on any atom is -0.486 e. The molecule has 4 heteroatoms. The predicted octanol–water partition coefficient (Wildman–Crippen LogP) is 3.82. The number of hydrogen-bond acceptors (Lipinski definition) is 2. The summed E-state index contributed by atoms with van der Waals surface area (Å²) in [5.74, 6) is 0.567. The van der Waals surface area contributed by atoms with Crippen molar-refractivity contribution >= 4 is 17.5 Å². The Morgan fingerprint density at radius 2 is 2.00 bits per heavy atom. The Hall–Kier alpha value is -2.00. The van der Waals surface area contributed by atoms with Crippen molar-refractivity contribution in [2.75, 3.05) is 0 Å². The van der Waals surface area contributed by atoms with Gasteiger partial charge in [0, 0.05) is 11.4 Å². The number of benzene rings is 2. The summed E-state index contributed by atoms with van der Waals surface area (Å²) in [6.07, 6.45) is 3.09. The lowest BCUT2D eigenvalue weighted by atomic mass is 10.1. The van der Waals surface area contributed by atoms with Gasteiger partial charge >= 0.3 is 0 Å². The first-order valence-electron chi connectivity index (χ1n) is 7.44. The molecule has 0 aliphatic heterocycles. The summed E-state index contributed by atoms with van der Waals surface area (Å²) >= 11 is 6.03. The van der Waals surface area contributed by atoms with E-state index in [1.54, 1.807) is 0 Å². The van der Waals surface area contributed by atoms with Crippen molar-refractivity contribution in [3.8, 4) is 5.75 Å². The molecule has 1 atom stereocenters. The Balaban J connectivity index is 1.66. The van der Waals surface area contributed by atoms with E-state index in [0.717, 1.165) is 29.2 Å². The van der Waals surface area contributed by atoms with Crippen LogP contribution in [0.2, 0.25) is 5.02 Å². The van der Waals surface area contributed by atoms with Gasteiger partial charge < -0.3 is 10.5 Å². The fourth-order valence-electron chi connectivity index (χ4n) is 2.84. The van der Waals surface area contributed by atoms with E-state index < -0.39 is 0 Å². The molecule has 0 heterocycles. The van der Waals surface area contributed by atoms with Crippen molar-refractivity contribution in [2.45, 2.75) is 31.8 Å². The zero-order valence-corrected chi connectivity index (χ0v) is 13.0. The average molecular weight is 316 g/mol. The van der Waals surface area contributed by atoms with Crippen LogP contribution in [0.15, 0.2) is 42.5 Å². The quantitative estimate of drug-likeness (QED) is 0.911. The lowest BCUT2D eigenvalue weighted by Crippen LogP contribution is -2.11. The van der Waals surface area contributed by atoms with E-state index in [2.05, 4.69) is 6.07 Å². The van der Waals surface area contributed by atoms with Crippen LogP contribution in [0, 0.1) is 0 Å². The molecule has 114 valence electrons. The highest BCUT2D eigenvalue weighted by Gasteiger charge is 2.24. The molecule has 1 aliphatic rings. The van der Waals surface area contributed by atoms with Crippen LogP contribution >= 0.6 is 11.6 Å². The van der Waals surface area contributed by atoms with Crippen LogP contribution in [0.1, 0.15) is 35.6 Å². The molecular formula is C18H18ClNO2. The number of primary amides is 1. The molecule has 0 radical (unpaired) electrons. The van der Waals surface area contributed by atoms with Gasteiger partial charge in [0.15, 0.2) is 0 Å². The number of fused-ring (bicyclic) bond motifs is 1. The highest BCUT2D eigenvalue weighted by atomic mass is 35.5. The van der Waals surface area contributed by atoms with Crippen molar-refractivity contribution < 1.29 is 9.53 Å². The zero-order valence-electron chi connectivity index (χ0n) is 12.2. The maximum Gasteiger partial charge on any atom is 0.217 e. The van der Waals surface area contributed by atoms with E-state index in [0.29, 0.717) is 12.8 Å². The number of nitrogens with two attached hydrogens (primary N) is 1. The largest absolute Gasteiger partial charge is 0.486 e. The lowest BCUT2D eigenvalue weighted by molar-refractivity contribution is -0.117. The number of aryl methyl sites for hydroxylation is 2. The van der Waals surface area contributed by atoms with Crippen molar-refractivity contribution in [3.63, 3.8) is 0 Å². The van der Waals surface area contributed by atoms with Crippen LogP contribution in [0.25, 0.3) is 0 Å². The second kappa shape index (κ2) is 6.41. The molecule has 2 aromatic carbocycles. The third-order valence-electron chi connectivity index (χ3n) is 3.99. The lowest BCUT2D eigenvalue weighted by Gasteiger charge is -2.15. The first-order valence-corrected chi connectivity index (χ1v) is 7.82. The molecule has 3 nitrogen and oxygen atoms in total. The van der Waals surface area contributed by atoms with Gasteiger partial charge in [-0.1, -0.05) is 29.8 Å². The van der Waals surface area contributed by atoms with E-state index in [1.807, 2.05) is 36.4 Å². The number of rotatable bonds is 5. The molecular weight excluding hydrogens is 298 g/mol. The van der Waals surface area contributed by atoms with Crippen molar-refractivity contribution in [1.29, 1.82) is 0 Å². The SMILES string of the molecule is NC(=O)CCc1ccc(OC2CCc3cc(Cl)ccc32)cc1. The summed E-state index contributed by atoms with van der Waals surface area (Å²) < 4.78 is 6.09. The summed E-state index contributed by atoms with van der Waals surface area (Å²) in [7, 11) is 0. The third-order valence-corrected chi connectivity index (χ3v) is 4.22. The van der Waals surface area contributed by atoms with Crippen molar-refractivity contribution in [1.82, 2.24) is 0 Å². The number of carbonyl (C=O) groups excluding carboxylic acids is 1. The fourth-order valence-corrected chi connectivity index (χ4v) is 3.03. The van der Waals surface area contributed by atoms with E-state index in [4.69, 9.17) is 22.1 Å². The maximum absolute atomic E-state index is 10.8. The van der Waals surface area contributed by atoms with Crippen molar-refractivity contribution in [2.24, 2.45) is 5.73 Å². The second-order valence-corrected chi connectivity index (χ2v) is 6.04. The minimum absolute atomic E-state index is 0.0868. The van der Waals surface area contributed by atoms with Gasteiger partial charge in [0.05, 0.1) is 0 Å². The van der Waals surface area contributed by atoms with E-state index >= 15 is 0 Å². The molecule has 0 fully saturated rings. The van der Waals surface area contributed by atoms with Gasteiger partial charge in [-0.2, -0.15) is 0 Å². The molecule has 2 aromatic rings. The summed E-state index contributed by atoms with van der Waals surface area (Å²) in [4.78, 5) is 10.8. The highest BCUT2D eigenvalue weighted by Crippen LogP contribution is 2.36. The monoisotopic (exact) mass is 315 g/mol. The molecule has 22 heavy (non-hydrogen) atoms. The van der Waals surface area contributed by atoms with Gasteiger partial charge in [-0.3, -0.25) is 4.79 Å². The van der Waals surface area contributed by atoms with Crippen LogP contribution in [-0.4, -0.2) is 5.91 Å². The summed E-state index contributed by atoms with van der Waals surface area (Å²) in [6.45, 7) is 0. The Bertz CT molecular complexity index is 682. The summed E-state index contributed by atoms with van der Waals surface area (Å²) in [5, 5.41) is 0.776. The molecule has 1 aliphatic carbocycles. The smallest absolute Gasteiger partial charge is 0.217 e. The van der Waals surface area contributed by atoms with Gasteiger partial charge in [0.25, 0.3) is 0 Å². The van der Waals surface area contributed by atoms with Gasteiger partial charge in [0.1, 0.15) is 11.9 Å². The number of carbonyl (C=O) groups is 1. The van der Waals surface area contributed by atoms with Crippen LogP contribution < -0.4 is 10.5 Å². The normalized spacial score (nSPS) is 16.3. The zero-order chi connectivity index (χ0) is 15.5. The highest BCUT2D eigenvalue weighted by molar-refractivity contribution is 6.30. The van der Waals surface area contributed by atoms with E-state index in [9.17, 15) is 4.79 Å². The number of halogens is 1. The average Bonchev–Trinajstić information content (AvgIpc) is 2.88. The predicted molar refractivity (Wildman–Crippen MR) is 87.1 cm³/mol. The number of amides is 1. The van der Waals surface area contributed by atoms with Crippen LogP contribution in [0.4, 0.5) is 0 Å². The molecule has 0 saturated carbocycles. The Morgan fingerprint density at radius 3 is 2.73 bits per heavy atom. The third kappa shape index (κ3) is 3.42. The maximum atomic E-state index is 10.8. The number of ether oxygens (including phenoxy) is 1. The molecule has 1 unspecified atom stereocenters. The van der Waals surface area contributed by atoms with Gasteiger partial charge in [0.2, 0.25) is 5.91 Å².